The topological polar surface area (TPSA) is 86.5 Å². The van der Waals surface area contributed by atoms with Gasteiger partial charge >= 0.3 is 5.76 Å². The van der Waals surface area contributed by atoms with Crippen molar-refractivity contribution < 1.29 is 9.15 Å². The minimum atomic E-state index is -0.489. The van der Waals surface area contributed by atoms with E-state index in [1.807, 2.05) is 0 Å². The van der Waals surface area contributed by atoms with Crippen LogP contribution in [0.3, 0.4) is 0 Å². The molecule has 0 amide bonds. The molecule has 3 rings (SSSR count). The van der Waals surface area contributed by atoms with Crippen molar-refractivity contribution in [3.05, 3.63) is 27.7 Å². The van der Waals surface area contributed by atoms with Gasteiger partial charge in [-0.25, -0.2) is 4.79 Å². The number of nitrogens with zero attached hydrogens (tertiary/aromatic N) is 3. The highest BCUT2D eigenvalue weighted by atomic mass is 35.5. The van der Waals surface area contributed by atoms with Gasteiger partial charge in [-0.1, -0.05) is 18.0 Å². The number of rotatable bonds is 5. The van der Waals surface area contributed by atoms with E-state index in [4.69, 9.17) is 26.5 Å². The normalized spacial score (nSPS) is 15.6. The maximum Gasteiger partial charge on any atom is 0.437 e. The van der Waals surface area contributed by atoms with Crippen LogP contribution in [0.1, 0.15) is 19.3 Å². The Morgan fingerprint density at radius 3 is 2.75 bits per heavy atom. The first-order valence-corrected chi connectivity index (χ1v) is 8.40. The number of aromatic nitrogens is 2. The first-order chi connectivity index (χ1) is 11.6. The average molecular weight is 353 g/mol. The largest absolute Gasteiger partial charge is 0.496 e. The molecule has 1 aliphatic heterocycles. The molecular formula is C16H21ClN4O3. The van der Waals surface area contributed by atoms with Crippen molar-refractivity contribution in [1.82, 2.24) is 14.7 Å². The molecule has 130 valence electrons. The van der Waals surface area contributed by atoms with E-state index in [0.717, 1.165) is 19.6 Å². The quantitative estimate of drug-likeness (QED) is 0.830. The molecule has 0 atom stereocenters. The molecule has 7 nitrogen and oxygen atoms in total. The molecule has 0 bridgehead atoms. The highest BCUT2D eigenvalue weighted by molar-refractivity contribution is 6.33. The molecule has 24 heavy (non-hydrogen) atoms. The summed E-state index contributed by atoms with van der Waals surface area (Å²) in [5, 5.41) is 4.63. The Morgan fingerprint density at radius 1 is 1.29 bits per heavy atom. The second-order valence-electron chi connectivity index (χ2n) is 5.87. The summed E-state index contributed by atoms with van der Waals surface area (Å²) in [5.74, 6) is 0.149. The fourth-order valence-corrected chi connectivity index (χ4v) is 3.04. The number of halogens is 1. The number of benzene rings is 1. The summed E-state index contributed by atoms with van der Waals surface area (Å²) in [5.41, 5.74) is 6.67. The molecule has 2 N–H and O–H groups in total. The van der Waals surface area contributed by atoms with Crippen LogP contribution < -0.4 is 16.2 Å². The maximum atomic E-state index is 12.1. The van der Waals surface area contributed by atoms with E-state index in [-0.39, 0.29) is 5.89 Å². The van der Waals surface area contributed by atoms with Crippen LogP contribution in [0.2, 0.25) is 5.02 Å². The first-order valence-electron chi connectivity index (χ1n) is 8.02. The van der Waals surface area contributed by atoms with Crippen LogP contribution in [0.4, 0.5) is 5.69 Å². The van der Waals surface area contributed by atoms with Gasteiger partial charge in [-0.3, -0.25) is 0 Å². The van der Waals surface area contributed by atoms with Gasteiger partial charge in [0.15, 0.2) is 0 Å². The summed E-state index contributed by atoms with van der Waals surface area (Å²) in [7, 11) is 1.51. The molecule has 8 heteroatoms. The lowest BCUT2D eigenvalue weighted by Gasteiger charge is -2.25. The fourth-order valence-electron chi connectivity index (χ4n) is 2.88. The summed E-state index contributed by atoms with van der Waals surface area (Å²) < 4.78 is 11.9. The Balaban J connectivity index is 1.81. The van der Waals surface area contributed by atoms with Crippen molar-refractivity contribution in [3.63, 3.8) is 0 Å². The van der Waals surface area contributed by atoms with E-state index < -0.39 is 5.76 Å². The van der Waals surface area contributed by atoms with Crippen molar-refractivity contribution in [2.24, 2.45) is 0 Å². The molecule has 1 aliphatic rings. The molecule has 1 aromatic carbocycles. The molecule has 0 saturated carbocycles. The van der Waals surface area contributed by atoms with Crippen LogP contribution in [0.25, 0.3) is 11.5 Å². The summed E-state index contributed by atoms with van der Waals surface area (Å²) >= 11 is 6.06. The smallest absolute Gasteiger partial charge is 0.437 e. The van der Waals surface area contributed by atoms with Gasteiger partial charge in [-0.15, -0.1) is 5.10 Å². The number of nitrogen functional groups attached to an aromatic ring is 1. The van der Waals surface area contributed by atoms with Crippen LogP contribution in [0, 0.1) is 0 Å². The predicted molar refractivity (Wildman–Crippen MR) is 92.5 cm³/mol. The number of methoxy groups -OCH3 is 1. The second-order valence-corrected chi connectivity index (χ2v) is 6.28. The number of anilines is 1. The van der Waals surface area contributed by atoms with E-state index in [1.165, 1.54) is 31.1 Å². The van der Waals surface area contributed by atoms with Crippen molar-refractivity contribution in [2.45, 2.75) is 25.8 Å². The number of ether oxygens (including phenoxy) is 1. The van der Waals surface area contributed by atoms with E-state index in [9.17, 15) is 4.79 Å². The number of likely N-dealkylation sites (tertiary alicyclic amines) is 1. The van der Waals surface area contributed by atoms with Crippen LogP contribution in [0.5, 0.6) is 5.75 Å². The summed E-state index contributed by atoms with van der Waals surface area (Å²) in [6, 6.07) is 3.18. The third-order valence-corrected chi connectivity index (χ3v) is 4.56. The number of nitrogens with two attached hydrogens (primary N) is 1. The summed E-state index contributed by atoms with van der Waals surface area (Å²) in [4.78, 5) is 14.4. The Bertz CT molecular complexity index is 765. The molecule has 2 aromatic rings. The van der Waals surface area contributed by atoms with Crippen LogP contribution in [-0.4, -0.2) is 41.4 Å². The standard InChI is InChI=1S/C16H21ClN4O3/c1-23-14-10-13(18)12(17)9-11(14)15-19-21(16(22)24-15)8-7-20-5-3-2-4-6-20/h9-10H,2-8,18H2,1H3. The zero-order chi connectivity index (χ0) is 17.1. The molecule has 0 aliphatic carbocycles. The molecule has 2 heterocycles. The van der Waals surface area contributed by atoms with Gasteiger partial charge in [0.05, 0.1) is 29.9 Å². The molecule has 1 saturated heterocycles. The van der Waals surface area contributed by atoms with Gasteiger partial charge in [0.25, 0.3) is 5.89 Å². The van der Waals surface area contributed by atoms with E-state index in [1.54, 1.807) is 12.1 Å². The minimum Gasteiger partial charge on any atom is -0.496 e. The minimum absolute atomic E-state index is 0.178. The Morgan fingerprint density at radius 2 is 2.04 bits per heavy atom. The van der Waals surface area contributed by atoms with Gasteiger partial charge < -0.3 is 19.8 Å². The van der Waals surface area contributed by atoms with Crippen LogP contribution >= 0.6 is 11.6 Å². The van der Waals surface area contributed by atoms with E-state index in [0.29, 0.717) is 28.6 Å². The van der Waals surface area contributed by atoms with Crippen molar-refractivity contribution >= 4 is 17.3 Å². The number of hydrogen-bond donors (Lipinski definition) is 1. The monoisotopic (exact) mass is 352 g/mol. The molecular weight excluding hydrogens is 332 g/mol. The van der Waals surface area contributed by atoms with E-state index >= 15 is 0 Å². The fraction of sp³-hybridized carbons (Fsp3) is 0.500. The lowest BCUT2D eigenvalue weighted by atomic mass is 10.1. The van der Waals surface area contributed by atoms with Gasteiger partial charge in [0.1, 0.15) is 5.75 Å². The molecule has 0 spiro atoms. The Hall–Kier alpha value is -1.99. The van der Waals surface area contributed by atoms with Gasteiger partial charge in [0, 0.05) is 12.6 Å². The van der Waals surface area contributed by atoms with Crippen molar-refractivity contribution in [1.29, 1.82) is 0 Å². The molecule has 0 radical (unpaired) electrons. The molecule has 0 unspecified atom stereocenters. The van der Waals surface area contributed by atoms with Crippen LogP contribution in [0.15, 0.2) is 21.3 Å². The maximum absolute atomic E-state index is 12.1. The lowest BCUT2D eigenvalue weighted by molar-refractivity contribution is 0.216. The van der Waals surface area contributed by atoms with Gasteiger partial charge in [-0.05, 0) is 32.0 Å². The highest BCUT2D eigenvalue weighted by Crippen LogP contribution is 2.34. The van der Waals surface area contributed by atoms with Crippen LogP contribution in [-0.2, 0) is 6.54 Å². The average Bonchev–Trinajstić information content (AvgIpc) is 2.96. The summed E-state index contributed by atoms with van der Waals surface area (Å²) in [6.07, 6.45) is 3.70. The number of hydrogen-bond acceptors (Lipinski definition) is 6. The zero-order valence-corrected chi connectivity index (χ0v) is 14.4. The van der Waals surface area contributed by atoms with Crippen molar-refractivity contribution in [2.75, 3.05) is 32.5 Å². The molecule has 1 fully saturated rings. The lowest BCUT2D eigenvalue weighted by Crippen LogP contribution is -2.34. The number of piperidine rings is 1. The van der Waals surface area contributed by atoms with Crippen molar-refractivity contribution in [3.8, 4) is 17.2 Å². The highest BCUT2D eigenvalue weighted by Gasteiger charge is 2.18. The van der Waals surface area contributed by atoms with E-state index in [2.05, 4.69) is 10.00 Å². The SMILES string of the molecule is COc1cc(N)c(Cl)cc1-c1nn(CCN2CCCCC2)c(=O)o1. The summed E-state index contributed by atoms with van der Waals surface area (Å²) in [6.45, 7) is 3.42. The zero-order valence-electron chi connectivity index (χ0n) is 13.6. The Labute approximate surface area is 144 Å². The third kappa shape index (κ3) is 3.57. The van der Waals surface area contributed by atoms with Gasteiger partial charge in [0.2, 0.25) is 0 Å². The Kier molecular flexibility index (Phi) is 5.11. The van der Waals surface area contributed by atoms with Gasteiger partial charge in [-0.2, -0.15) is 4.68 Å². The second kappa shape index (κ2) is 7.27. The first kappa shape index (κ1) is 16.9. The third-order valence-electron chi connectivity index (χ3n) is 4.23. The predicted octanol–water partition coefficient (Wildman–Crippen LogP) is 2.23. The molecule has 1 aromatic heterocycles.